The molecule has 4 rings (SSSR count). The van der Waals surface area contributed by atoms with Gasteiger partial charge in [0.05, 0.1) is 11.0 Å². The molecule has 2 atom stereocenters. The highest BCUT2D eigenvalue weighted by Crippen LogP contribution is 2.44. The third kappa shape index (κ3) is 2.69. The van der Waals surface area contributed by atoms with Gasteiger partial charge >= 0.3 is 5.97 Å². The van der Waals surface area contributed by atoms with Crippen molar-refractivity contribution in [3.05, 3.63) is 35.7 Å². The van der Waals surface area contributed by atoms with Crippen molar-refractivity contribution >= 4 is 22.8 Å². The second-order valence-corrected chi connectivity index (χ2v) is 5.68. The number of hydrogen-bond donors (Lipinski definition) is 2. The summed E-state index contributed by atoms with van der Waals surface area (Å²) in [6.45, 7) is 3.24. The number of carboxylic acids is 1. The smallest absolute Gasteiger partial charge is 0.371 e. The summed E-state index contributed by atoms with van der Waals surface area (Å²) in [5.74, 6) is -0.815. The topological polar surface area (TPSA) is 92.2 Å². The minimum atomic E-state index is -1.38. The van der Waals surface area contributed by atoms with Crippen LogP contribution in [-0.4, -0.2) is 39.9 Å². The summed E-state index contributed by atoms with van der Waals surface area (Å²) in [4.78, 5) is 27.7. The summed E-state index contributed by atoms with van der Waals surface area (Å²) < 4.78 is 0. The number of benzene rings is 1. The lowest BCUT2D eigenvalue weighted by Gasteiger charge is -2.19. The van der Waals surface area contributed by atoms with Crippen molar-refractivity contribution in [1.82, 2.24) is 15.3 Å². The number of ketones is 1. The van der Waals surface area contributed by atoms with Crippen LogP contribution < -0.4 is 5.32 Å². The number of carboxylic acid groups (broad SMARTS) is 1. The number of aliphatic carboxylic acids is 1. The van der Waals surface area contributed by atoms with E-state index < -0.39 is 11.8 Å². The van der Waals surface area contributed by atoms with Crippen LogP contribution in [-0.2, 0) is 9.59 Å². The van der Waals surface area contributed by atoms with Crippen LogP contribution in [0.15, 0.2) is 24.5 Å². The Labute approximate surface area is 127 Å². The summed E-state index contributed by atoms with van der Waals surface area (Å²) in [7, 11) is 0. The second-order valence-electron chi connectivity index (χ2n) is 5.68. The molecule has 2 aliphatic rings. The van der Waals surface area contributed by atoms with Crippen LogP contribution in [0.2, 0.25) is 0 Å². The van der Waals surface area contributed by atoms with Crippen molar-refractivity contribution in [2.24, 2.45) is 0 Å². The van der Waals surface area contributed by atoms with Gasteiger partial charge in [0.25, 0.3) is 0 Å². The van der Waals surface area contributed by atoms with Gasteiger partial charge in [0.2, 0.25) is 5.78 Å². The quantitative estimate of drug-likeness (QED) is 0.775. The maximum atomic E-state index is 9.54. The van der Waals surface area contributed by atoms with E-state index in [-0.39, 0.29) is 0 Å². The van der Waals surface area contributed by atoms with Crippen molar-refractivity contribution in [2.45, 2.75) is 25.2 Å². The highest BCUT2D eigenvalue weighted by Gasteiger charge is 2.34. The molecular formula is C16H17N3O3. The predicted octanol–water partition coefficient (Wildman–Crippen LogP) is 1.46. The van der Waals surface area contributed by atoms with E-state index in [9.17, 15) is 9.59 Å². The Bertz CT molecular complexity index is 684. The first-order valence-corrected chi connectivity index (χ1v) is 7.25. The van der Waals surface area contributed by atoms with Gasteiger partial charge in [-0.1, -0.05) is 0 Å². The third-order valence-electron chi connectivity index (χ3n) is 4.21. The lowest BCUT2D eigenvalue weighted by atomic mass is 9.98. The van der Waals surface area contributed by atoms with Crippen LogP contribution in [0, 0.1) is 0 Å². The highest BCUT2D eigenvalue weighted by molar-refractivity contribution is 6.31. The zero-order valence-corrected chi connectivity index (χ0v) is 12.2. The first kappa shape index (κ1) is 14.6. The standard InChI is InChI=1S/C13H13N3.C3H4O3/c1-2-16-13-5-11-9-3-8(6-14-7-9)10(11)4-12(13)15-1;1-2(4)3(5)6/h1-2,4-5,8-9,14H,3,6-7H2;1H3,(H,5,6). The molecule has 1 aliphatic heterocycles. The lowest BCUT2D eigenvalue weighted by molar-refractivity contribution is -0.148. The van der Waals surface area contributed by atoms with Crippen LogP contribution >= 0.6 is 0 Å². The molecule has 1 aromatic heterocycles. The summed E-state index contributed by atoms with van der Waals surface area (Å²) in [6.07, 6.45) is 4.85. The molecule has 1 saturated heterocycles. The molecule has 1 aromatic carbocycles. The van der Waals surface area contributed by atoms with Gasteiger partial charge in [-0.2, -0.15) is 0 Å². The number of nitrogens with zero attached hydrogens (tertiary/aromatic N) is 2. The molecule has 2 heterocycles. The van der Waals surface area contributed by atoms with Crippen LogP contribution in [0.3, 0.4) is 0 Å². The fourth-order valence-electron chi connectivity index (χ4n) is 3.17. The monoisotopic (exact) mass is 299 g/mol. The largest absolute Gasteiger partial charge is 0.476 e. The number of carbonyl (C=O) groups is 2. The predicted molar refractivity (Wildman–Crippen MR) is 80.8 cm³/mol. The highest BCUT2D eigenvalue weighted by atomic mass is 16.4. The van der Waals surface area contributed by atoms with Crippen molar-refractivity contribution in [1.29, 1.82) is 0 Å². The van der Waals surface area contributed by atoms with Crippen molar-refractivity contribution in [2.75, 3.05) is 13.1 Å². The summed E-state index contributed by atoms with van der Waals surface area (Å²) in [5.41, 5.74) is 5.08. The number of fused-ring (bicyclic) bond motifs is 6. The average Bonchev–Trinajstić information content (AvgIpc) is 2.76. The zero-order valence-electron chi connectivity index (χ0n) is 12.2. The Hall–Kier alpha value is -2.34. The van der Waals surface area contributed by atoms with Gasteiger partial charge in [-0.15, -0.1) is 0 Å². The Kier molecular flexibility index (Phi) is 3.85. The van der Waals surface area contributed by atoms with Crippen LogP contribution in [0.1, 0.15) is 36.3 Å². The van der Waals surface area contributed by atoms with E-state index in [4.69, 9.17) is 5.11 Å². The van der Waals surface area contributed by atoms with Gasteiger partial charge < -0.3 is 10.4 Å². The van der Waals surface area contributed by atoms with Gasteiger partial charge in [-0.3, -0.25) is 14.8 Å². The van der Waals surface area contributed by atoms with E-state index in [1.54, 1.807) is 12.4 Å². The summed E-state index contributed by atoms with van der Waals surface area (Å²) >= 11 is 0. The molecule has 2 unspecified atom stereocenters. The Balaban J connectivity index is 0.000000209. The average molecular weight is 299 g/mol. The summed E-state index contributed by atoms with van der Waals surface area (Å²) in [5, 5.41) is 11.1. The van der Waals surface area contributed by atoms with Gasteiger partial charge in [0, 0.05) is 32.4 Å². The van der Waals surface area contributed by atoms with Crippen LogP contribution in [0.25, 0.3) is 11.0 Å². The molecule has 0 saturated carbocycles. The molecule has 0 amide bonds. The summed E-state index contributed by atoms with van der Waals surface area (Å²) in [6, 6.07) is 4.49. The van der Waals surface area contributed by atoms with E-state index >= 15 is 0 Å². The molecule has 6 nitrogen and oxygen atoms in total. The fraction of sp³-hybridized carbons (Fsp3) is 0.375. The van der Waals surface area contributed by atoms with Crippen molar-refractivity contribution < 1.29 is 14.7 Å². The van der Waals surface area contributed by atoms with E-state index in [0.717, 1.165) is 31.0 Å². The van der Waals surface area contributed by atoms with E-state index in [2.05, 4.69) is 27.4 Å². The van der Waals surface area contributed by atoms with Crippen LogP contribution in [0.4, 0.5) is 0 Å². The van der Waals surface area contributed by atoms with Crippen molar-refractivity contribution in [3.63, 3.8) is 0 Å². The number of rotatable bonds is 1. The van der Waals surface area contributed by atoms with Gasteiger partial charge in [0.1, 0.15) is 0 Å². The minimum Gasteiger partial charge on any atom is -0.476 e. The molecule has 114 valence electrons. The van der Waals surface area contributed by atoms with E-state index in [0.29, 0.717) is 11.8 Å². The Morgan fingerprint density at radius 3 is 1.95 bits per heavy atom. The van der Waals surface area contributed by atoms with Crippen molar-refractivity contribution in [3.8, 4) is 0 Å². The van der Waals surface area contributed by atoms with Gasteiger partial charge in [0.15, 0.2) is 0 Å². The molecule has 0 radical (unpaired) electrons. The van der Waals surface area contributed by atoms with Gasteiger partial charge in [-0.25, -0.2) is 4.79 Å². The van der Waals surface area contributed by atoms with E-state index in [1.807, 2.05) is 0 Å². The Morgan fingerprint density at radius 2 is 1.55 bits per heavy atom. The molecule has 6 heteroatoms. The number of aromatic nitrogens is 2. The first-order chi connectivity index (χ1) is 10.6. The SMILES string of the molecule is CC(=O)C(=O)O.c1cnc2cc3c(cc2n1)C1CNCC3C1. The molecule has 22 heavy (non-hydrogen) atoms. The van der Waals surface area contributed by atoms with Gasteiger partial charge in [-0.05, 0) is 41.5 Å². The molecule has 0 spiro atoms. The molecule has 2 bridgehead atoms. The molecule has 2 aromatic rings. The third-order valence-corrected chi connectivity index (χ3v) is 4.21. The van der Waals surface area contributed by atoms with E-state index in [1.165, 1.54) is 17.5 Å². The lowest BCUT2D eigenvalue weighted by Crippen LogP contribution is -2.28. The maximum Gasteiger partial charge on any atom is 0.371 e. The van der Waals surface area contributed by atoms with Crippen LogP contribution in [0.5, 0.6) is 0 Å². The Morgan fingerprint density at radius 1 is 1.09 bits per heavy atom. The molecule has 2 N–H and O–H groups in total. The number of hydrogen-bond acceptors (Lipinski definition) is 5. The molecule has 1 aliphatic carbocycles. The normalized spacial score (nSPS) is 21.7. The second kappa shape index (κ2) is 5.81. The fourth-order valence-corrected chi connectivity index (χ4v) is 3.17. The minimum absolute atomic E-state index is 0.695. The molecule has 1 fully saturated rings. The number of carbonyl (C=O) groups excluding carboxylic acids is 1. The first-order valence-electron chi connectivity index (χ1n) is 7.25. The number of Topliss-reactive ketones (excluding diaryl/α,β-unsaturated/α-hetero) is 1. The molecular weight excluding hydrogens is 282 g/mol. The maximum absolute atomic E-state index is 9.54. The number of nitrogens with one attached hydrogen (secondary N) is 1. The number of piperidine rings is 1. The zero-order chi connectivity index (χ0) is 15.7.